The van der Waals surface area contributed by atoms with Crippen molar-refractivity contribution in [2.24, 2.45) is 0 Å². The highest BCUT2D eigenvalue weighted by Crippen LogP contribution is 2.57. The molecule has 0 spiro atoms. The van der Waals surface area contributed by atoms with E-state index >= 15 is 0 Å². The molecule has 48 heavy (non-hydrogen) atoms. The summed E-state index contributed by atoms with van der Waals surface area (Å²) in [5.41, 5.74) is 12.6. The van der Waals surface area contributed by atoms with E-state index in [1.54, 1.807) is 0 Å². The minimum absolute atomic E-state index is 0.351. The Morgan fingerprint density at radius 2 is 1.33 bits per heavy atom. The van der Waals surface area contributed by atoms with Gasteiger partial charge in [0.1, 0.15) is 9.91 Å². The molecule has 0 fully saturated rings. The van der Waals surface area contributed by atoms with Crippen LogP contribution in [0.15, 0.2) is 70.5 Å². The van der Waals surface area contributed by atoms with Gasteiger partial charge >= 0.3 is 0 Å². The van der Waals surface area contributed by atoms with Gasteiger partial charge in [-0.3, -0.25) is 4.79 Å². The number of benzene rings is 4. The van der Waals surface area contributed by atoms with Crippen molar-refractivity contribution in [2.75, 3.05) is 4.90 Å². The first-order chi connectivity index (χ1) is 22.5. The molecule has 0 saturated heterocycles. The molecule has 5 aromatic rings. The first-order valence-corrected chi connectivity index (χ1v) is 18.1. The third-order valence-electron chi connectivity index (χ3n) is 9.69. The molecule has 3 heterocycles. The summed E-state index contributed by atoms with van der Waals surface area (Å²) in [6, 6.07) is 18.6. The number of sulfone groups is 1. The molecular formula is C40H35F2NO3S2. The molecule has 0 radical (unpaired) electrons. The van der Waals surface area contributed by atoms with Gasteiger partial charge in [-0.15, -0.1) is 11.3 Å². The lowest BCUT2D eigenvalue weighted by Gasteiger charge is -2.41. The second-order valence-electron chi connectivity index (χ2n) is 13.7. The SMILES string of the molecule is Cc1cc(C)c(-c2ccc3c(c2)C(C)(C)c2cc(/C=C4\C(=O)c5cc(F)c(F)cc5S4(=O)=O)sc2N3c2c(C)cc(C)cc2C)c(C)c1. The van der Waals surface area contributed by atoms with E-state index < -0.39 is 42.5 Å². The lowest BCUT2D eigenvalue weighted by molar-refractivity contribution is 0.104. The Kier molecular flexibility index (Phi) is 7.24. The third-order valence-corrected chi connectivity index (χ3v) is 12.6. The van der Waals surface area contributed by atoms with Gasteiger partial charge < -0.3 is 4.90 Å². The Morgan fingerprint density at radius 1 is 0.750 bits per heavy atom. The Balaban J connectivity index is 1.46. The average Bonchev–Trinajstić information content (AvgIpc) is 3.49. The summed E-state index contributed by atoms with van der Waals surface area (Å²) in [6.07, 6.45) is 1.36. The van der Waals surface area contributed by atoms with E-state index in [0.717, 1.165) is 49.8 Å². The number of thiophene rings is 1. The van der Waals surface area contributed by atoms with E-state index in [0.29, 0.717) is 17.0 Å². The van der Waals surface area contributed by atoms with Gasteiger partial charge in [0.25, 0.3) is 0 Å². The number of fused-ring (bicyclic) bond motifs is 3. The normalized spacial score (nSPS) is 16.7. The molecule has 0 bridgehead atoms. The summed E-state index contributed by atoms with van der Waals surface area (Å²) >= 11 is 1.39. The van der Waals surface area contributed by atoms with Crippen molar-refractivity contribution >= 4 is 49.4 Å². The Bertz CT molecular complexity index is 2350. The molecule has 0 atom stereocenters. The number of rotatable bonds is 3. The van der Waals surface area contributed by atoms with Crippen LogP contribution in [0.2, 0.25) is 0 Å². The number of hydrogen-bond donors (Lipinski definition) is 0. The first kappa shape index (κ1) is 32.2. The summed E-state index contributed by atoms with van der Waals surface area (Å²) in [4.78, 5) is 15.2. The van der Waals surface area contributed by atoms with Crippen molar-refractivity contribution < 1.29 is 22.0 Å². The van der Waals surface area contributed by atoms with Crippen molar-refractivity contribution in [3.63, 3.8) is 0 Å². The number of Topliss-reactive ketones (excluding diaryl/α,β-unsaturated/α-hetero) is 1. The molecule has 0 N–H and O–H groups in total. The fourth-order valence-corrected chi connectivity index (χ4v) is 10.6. The van der Waals surface area contributed by atoms with Gasteiger partial charge in [-0.1, -0.05) is 55.3 Å². The maximum atomic E-state index is 14.1. The minimum atomic E-state index is -4.35. The van der Waals surface area contributed by atoms with Crippen LogP contribution >= 0.6 is 11.3 Å². The highest BCUT2D eigenvalue weighted by Gasteiger charge is 2.42. The number of carbonyl (C=O) groups excluding carboxylic acids is 1. The van der Waals surface area contributed by atoms with Crippen LogP contribution < -0.4 is 4.90 Å². The van der Waals surface area contributed by atoms with Crippen molar-refractivity contribution in [3.8, 4) is 11.1 Å². The second kappa shape index (κ2) is 10.8. The summed E-state index contributed by atoms with van der Waals surface area (Å²) < 4.78 is 55.1. The van der Waals surface area contributed by atoms with Crippen LogP contribution in [-0.2, 0) is 15.3 Å². The van der Waals surface area contributed by atoms with Crippen LogP contribution in [-0.4, -0.2) is 14.2 Å². The molecular weight excluding hydrogens is 645 g/mol. The molecule has 244 valence electrons. The zero-order valence-corrected chi connectivity index (χ0v) is 29.7. The number of anilines is 3. The van der Waals surface area contributed by atoms with Crippen molar-refractivity contribution in [1.29, 1.82) is 0 Å². The molecule has 4 nitrogen and oxygen atoms in total. The predicted octanol–water partition coefficient (Wildman–Crippen LogP) is 10.7. The summed E-state index contributed by atoms with van der Waals surface area (Å²) in [6.45, 7) is 17.0. The van der Waals surface area contributed by atoms with Gasteiger partial charge in [0, 0.05) is 15.9 Å². The minimum Gasteiger partial charge on any atom is -0.301 e. The molecule has 2 aliphatic rings. The van der Waals surface area contributed by atoms with E-state index in [4.69, 9.17) is 0 Å². The third kappa shape index (κ3) is 4.71. The van der Waals surface area contributed by atoms with Crippen LogP contribution in [0.25, 0.3) is 17.2 Å². The number of aryl methyl sites for hydroxylation is 6. The van der Waals surface area contributed by atoms with E-state index in [1.807, 2.05) is 6.07 Å². The van der Waals surface area contributed by atoms with Crippen molar-refractivity contribution in [2.45, 2.75) is 65.7 Å². The van der Waals surface area contributed by atoms with Crippen LogP contribution in [0.4, 0.5) is 25.2 Å². The van der Waals surface area contributed by atoms with Gasteiger partial charge in [0.2, 0.25) is 15.6 Å². The number of halogens is 2. The zero-order valence-electron chi connectivity index (χ0n) is 28.1. The highest BCUT2D eigenvalue weighted by atomic mass is 32.2. The Morgan fingerprint density at radius 3 is 1.96 bits per heavy atom. The number of nitrogens with zero attached hydrogens (tertiary/aromatic N) is 1. The van der Waals surface area contributed by atoms with Crippen molar-refractivity contribution in [3.05, 3.63) is 132 Å². The van der Waals surface area contributed by atoms with Crippen LogP contribution in [0.1, 0.15) is 73.6 Å². The quantitative estimate of drug-likeness (QED) is 0.141. The van der Waals surface area contributed by atoms with E-state index in [1.165, 1.54) is 39.7 Å². The predicted molar refractivity (Wildman–Crippen MR) is 191 cm³/mol. The lowest BCUT2D eigenvalue weighted by Crippen LogP contribution is -2.30. The number of carbonyl (C=O) groups is 1. The standard InChI is InChI=1S/C40H35F2NO3S2/c1-20-11-22(3)36(23(4)12-20)26-9-10-33-29(15-26)40(7,8)30-16-27(47-39(30)43(33)37-24(5)13-21(2)14-25(37)6)17-35-38(44)28-18-31(41)32(42)19-34(28)48(35,45)46/h9-19H,1-8H3/b35-17+. The molecule has 1 aromatic heterocycles. The Hall–Kier alpha value is -4.40. The first-order valence-electron chi connectivity index (χ1n) is 15.8. The maximum Gasteiger partial charge on any atom is 0.211 e. The monoisotopic (exact) mass is 679 g/mol. The van der Waals surface area contributed by atoms with Gasteiger partial charge in [0.15, 0.2) is 11.6 Å². The molecule has 7 rings (SSSR count). The topological polar surface area (TPSA) is 54.5 Å². The molecule has 0 unspecified atom stereocenters. The van der Waals surface area contributed by atoms with Gasteiger partial charge in [-0.05, 0) is 122 Å². The lowest BCUT2D eigenvalue weighted by atomic mass is 9.74. The van der Waals surface area contributed by atoms with Gasteiger partial charge in [0.05, 0.1) is 16.3 Å². The number of allylic oxidation sites excluding steroid dienone is 1. The summed E-state index contributed by atoms with van der Waals surface area (Å²) in [5.74, 6) is -3.42. The van der Waals surface area contributed by atoms with Crippen molar-refractivity contribution in [1.82, 2.24) is 0 Å². The molecule has 0 aliphatic carbocycles. The average molecular weight is 680 g/mol. The number of hydrogen-bond acceptors (Lipinski definition) is 5. The molecule has 0 amide bonds. The van der Waals surface area contributed by atoms with E-state index in [-0.39, 0.29) is 5.56 Å². The molecule has 2 aliphatic heterocycles. The highest BCUT2D eigenvalue weighted by molar-refractivity contribution is 7.97. The van der Waals surface area contributed by atoms with Crippen LogP contribution in [0, 0.1) is 53.2 Å². The van der Waals surface area contributed by atoms with E-state index in [9.17, 15) is 22.0 Å². The second-order valence-corrected chi connectivity index (χ2v) is 16.6. The fourth-order valence-electron chi connectivity index (χ4n) is 7.68. The van der Waals surface area contributed by atoms with Gasteiger partial charge in [-0.2, -0.15) is 0 Å². The maximum absolute atomic E-state index is 14.1. The van der Waals surface area contributed by atoms with Crippen LogP contribution in [0.3, 0.4) is 0 Å². The molecule has 4 aromatic carbocycles. The zero-order chi connectivity index (χ0) is 34.6. The molecule has 0 saturated carbocycles. The largest absolute Gasteiger partial charge is 0.301 e. The molecule has 8 heteroatoms. The summed E-state index contributed by atoms with van der Waals surface area (Å²) in [5, 5.41) is 0.919. The van der Waals surface area contributed by atoms with Crippen LogP contribution in [0.5, 0.6) is 0 Å². The van der Waals surface area contributed by atoms with Gasteiger partial charge in [-0.25, -0.2) is 17.2 Å². The summed E-state index contributed by atoms with van der Waals surface area (Å²) in [7, 11) is -4.35. The van der Waals surface area contributed by atoms with E-state index in [2.05, 4.69) is 103 Å². The Labute approximate surface area is 284 Å². The fraction of sp³-hybridized carbons (Fsp3) is 0.225. The number of ketones is 1. The smallest absolute Gasteiger partial charge is 0.211 e.